The first-order chi connectivity index (χ1) is 9.56. The van der Waals surface area contributed by atoms with Gasteiger partial charge in [0.2, 0.25) is 0 Å². The van der Waals surface area contributed by atoms with Gasteiger partial charge in [0.05, 0.1) is 12.7 Å². The second-order valence-corrected chi connectivity index (χ2v) is 5.48. The molecule has 0 radical (unpaired) electrons. The average molecular weight is 280 g/mol. The minimum absolute atomic E-state index is 0.0104. The monoisotopic (exact) mass is 280 g/mol. The summed E-state index contributed by atoms with van der Waals surface area (Å²) >= 11 is 0. The van der Waals surface area contributed by atoms with Gasteiger partial charge in [0.25, 0.3) is 0 Å². The number of carbonyl (C=O) groups is 1. The number of rotatable bonds is 8. The van der Waals surface area contributed by atoms with E-state index < -0.39 is 0 Å². The highest BCUT2D eigenvalue weighted by Crippen LogP contribution is 2.11. The fourth-order valence-electron chi connectivity index (χ4n) is 2.21. The number of hydrogen-bond acceptors (Lipinski definition) is 2. The Balaban J connectivity index is 2.33. The van der Waals surface area contributed by atoms with E-state index in [1.54, 1.807) is 15.8 Å². The summed E-state index contributed by atoms with van der Waals surface area (Å²) in [7, 11) is 3.69. The molecule has 1 N–H and O–H groups in total. The number of aromatic nitrogens is 2. The fourth-order valence-corrected chi connectivity index (χ4v) is 2.21. The van der Waals surface area contributed by atoms with Gasteiger partial charge in [-0.3, -0.25) is 4.68 Å². The van der Waals surface area contributed by atoms with Gasteiger partial charge >= 0.3 is 6.03 Å². The van der Waals surface area contributed by atoms with Crippen molar-refractivity contribution in [2.45, 2.75) is 46.1 Å². The molecule has 0 aromatic carbocycles. The SMILES string of the molecule is CCCCC(CC)CNC(=O)N(C)Cc1cnn(C)c1. The van der Waals surface area contributed by atoms with E-state index in [4.69, 9.17) is 0 Å². The van der Waals surface area contributed by atoms with Crippen molar-refractivity contribution >= 4 is 6.03 Å². The summed E-state index contributed by atoms with van der Waals surface area (Å²) in [5.74, 6) is 0.589. The van der Waals surface area contributed by atoms with Crippen molar-refractivity contribution in [3.63, 3.8) is 0 Å². The molecule has 20 heavy (non-hydrogen) atoms. The molecule has 1 aromatic rings. The third kappa shape index (κ3) is 5.63. The van der Waals surface area contributed by atoms with E-state index >= 15 is 0 Å². The molecule has 114 valence electrons. The van der Waals surface area contributed by atoms with Gasteiger partial charge in [-0.05, 0) is 12.3 Å². The largest absolute Gasteiger partial charge is 0.338 e. The summed E-state index contributed by atoms with van der Waals surface area (Å²) in [4.78, 5) is 13.7. The highest BCUT2D eigenvalue weighted by Gasteiger charge is 2.12. The van der Waals surface area contributed by atoms with Gasteiger partial charge < -0.3 is 10.2 Å². The van der Waals surface area contributed by atoms with Gasteiger partial charge in [0, 0.05) is 32.4 Å². The lowest BCUT2D eigenvalue weighted by atomic mass is 9.99. The van der Waals surface area contributed by atoms with E-state index in [9.17, 15) is 4.79 Å². The average Bonchev–Trinajstić information content (AvgIpc) is 2.84. The maximum absolute atomic E-state index is 12.0. The third-order valence-corrected chi connectivity index (χ3v) is 3.61. The van der Waals surface area contributed by atoms with Crippen molar-refractivity contribution in [3.8, 4) is 0 Å². The van der Waals surface area contributed by atoms with Gasteiger partial charge in [0.15, 0.2) is 0 Å². The zero-order valence-electron chi connectivity index (χ0n) is 13.2. The van der Waals surface area contributed by atoms with Crippen LogP contribution in [0.15, 0.2) is 12.4 Å². The molecule has 1 atom stereocenters. The molecule has 1 heterocycles. The van der Waals surface area contributed by atoms with Crippen LogP contribution in [0.2, 0.25) is 0 Å². The molecule has 0 spiro atoms. The van der Waals surface area contributed by atoms with Crippen LogP contribution in [0.3, 0.4) is 0 Å². The Morgan fingerprint density at radius 3 is 2.80 bits per heavy atom. The smallest absolute Gasteiger partial charge is 0.317 e. The molecule has 0 bridgehead atoms. The van der Waals surface area contributed by atoms with E-state index in [0.717, 1.165) is 18.5 Å². The van der Waals surface area contributed by atoms with E-state index in [1.807, 2.05) is 20.3 Å². The Bertz CT molecular complexity index is 402. The summed E-state index contributed by atoms with van der Waals surface area (Å²) in [6.07, 6.45) is 8.48. The van der Waals surface area contributed by atoms with Gasteiger partial charge in [-0.2, -0.15) is 5.10 Å². The van der Waals surface area contributed by atoms with Gasteiger partial charge in [-0.1, -0.05) is 33.1 Å². The number of aryl methyl sites for hydroxylation is 1. The van der Waals surface area contributed by atoms with Gasteiger partial charge in [-0.15, -0.1) is 0 Å². The summed E-state index contributed by atoms with van der Waals surface area (Å²) in [6, 6.07) is -0.0104. The summed E-state index contributed by atoms with van der Waals surface area (Å²) < 4.78 is 1.75. The Labute approximate surface area is 122 Å². The van der Waals surface area contributed by atoms with Gasteiger partial charge in [-0.25, -0.2) is 4.79 Å². The zero-order valence-corrected chi connectivity index (χ0v) is 13.2. The van der Waals surface area contributed by atoms with Crippen molar-refractivity contribution in [3.05, 3.63) is 18.0 Å². The first-order valence-electron chi connectivity index (χ1n) is 7.53. The molecule has 0 fully saturated rings. The molecule has 0 aliphatic heterocycles. The number of nitrogens with one attached hydrogen (secondary N) is 1. The standard InChI is InChI=1S/C15H28N4O/c1-5-7-8-13(6-2)9-16-15(20)18(3)11-14-10-17-19(4)12-14/h10,12-13H,5-9,11H2,1-4H3,(H,16,20). The number of urea groups is 1. The molecule has 1 rings (SSSR count). The Morgan fingerprint density at radius 2 is 2.25 bits per heavy atom. The molecule has 1 aromatic heterocycles. The van der Waals surface area contributed by atoms with E-state index in [2.05, 4.69) is 24.3 Å². The Hall–Kier alpha value is -1.52. The topological polar surface area (TPSA) is 50.2 Å². The van der Waals surface area contributed by atoms with Crippen LogP contribution in [-0.2, 0) is 13.6 Å². The number of carbonyl (C=O) groups excluding carboxylic acids is 1. The lowest BCUT2D eigenvalue weighted by Gasteiger charge is -2.20. The fraction of sp³-hybridized carbons (Fsp3) is 0.733. The Kier molecular flexibility index (Phi) is 7.12. The quantitative estimate of drug-likeness (QED) is 0.796. The maximum atomic E-state index is 12.0. The normalized spacial score (nSPS) is 12.2. The van der Waals surface area contributed by atoms with E-state index in [1.165, 1.54) is 19.3 Å². The Morgan fingerprint density at radius 1 is 1.50 bits per heavy atom. The molecular weight excluding hydrogens is 252 g/mol. The first kappa shape index (κ1) is 16.5. The van der Waals surface area contributed by atoms with Crippen molar-refractivity contribution in [2.75, 3.05) is 13.6 Å². The van der Waals surface area contributed by atoms with Gasteiger partial charge in [0.1, 0.15) is 0 Å². The summed E-state index contributed by atoms with van der Waals surface area (Å²) in [6.45, 7) is 5.75. The van der Waals surface area contributed by atoms with Crippen LogP contribution in [0.5, 0.6) is 0 Å². The van der Waals surface area contributed by atoms with Crippen LogP contribution in [-0.4, -0.2) is 34.3 Å². The third-order valence-electron chi connectivity index (χ3n) is 3.61. The number of hydrogen-bond donors (Lipinski definition) is 1. The summed E-state index contributed by atoms with van der Waals surface area (Å²) in [5.41, 5.74) is 1.04. The minimum atomic E-state index is -0.0104. The zero-order chi connectivity index (χ0) is 15.0. The van der Waals surface area contributed by atoms with Crippen molar-refractivity contribution in [1.82, 2.24) is 20.0 Å². The van der Waals surface area contributed by atoms with Crippen molar-refractivity contribution < 1.29 is 4.79 Å². The molecule has 1 unspecified atom stereocenters. The predicted octanol–water partition coefficient (Wildman–Crippen LogP) is 2.78. The molecular formula is C15H28N4O. The molecule has 0 aliphatic rings. The maximum Gasteiger partial charge on any atom is 0.317 e. The molecule has 0 saturated carbocycles. The molecule has 5 nitrogen and oxygen atoms in total. The molecule has 2 amide bonds. The highest BCUT2D eigenvalue weighted by molar-refractivity contribution is 5.73. The van der Waals surface area contributed by atoms with Crippen LogP contribution < -0.4 is 5.32 Å². The van der Waals surface area contributed by atoms with E-state index in [0.29, 0.717) is 12.5 Å². The van der Waals surface area contributed by atoms with Crippen LogP contribution in [0.1, 0.15) is 45.1 Å². The molecule has 0 saturated heterocycles. The number of amides is 2. The van der Waals surface area contributed by atoms with E-state index in [-0.39, 0.29) is 6.03 Å². The van der Waals surface area contributed by atoms with Crippen molar-refractivity contribution in [2.24, 2.45) is 13.0 Å². The second-order valence-electron chi connectivity index (χ2n) is 5.48. The van der Waals surface area contributed by atoms with Crippen LogP contribution in [0, 0.1) is 5.92 Å². The second kappa shape index (κ2) is 8.61. The highest BCUT2D eigenvalue weighted by atomic mass is 16.2. The lowest BCUT2D eigenvalue weighted by Crippen LogP contribution is -2.39. The number of unbranched alkanes of at least 4 members (excludes halogenated alkanes) is 1. The van der Waals surface area contributed by atoms with Crippen LogP contribution in [0.25, 0.3) is 0 Å². The summed E-state index contributed by atoms with van der Waals surface area (Å²) in [5, 5.41) is 7.14. The van der Waals surface area contributed by atoms with Crippen LogP contribution in [0.4, 0.5) is 4.79 Å². The molecule has 5 heteroatoms. The number of nitrogens with zero attached hydrogens (tertiary/aromatic N) is 3. The molecule has 0 aliphatic carbocycles. The first-order valence-corrected chi connectivity index (χ1v) is 7.53. The lowest BCUT2D eigenvalue weighted by molar-refractivity contribution is 0.204. The van der Waals surface area contributed by atoms with Crippen molar-refractivity contribution in [1.29, 1.82) is 0 Å². The minimum Gasteiger partial charge on any atom is -0.338 e. The predicted molar refractivity (Wildman–Crippen MR) is 81.4 cm³/mol. The van der Waals surface area contributed by atoms with Crippen LogP contribution >= 0.6 is 0 Å².